The molecular formula is C21H20N2O3S. The van der Waals surface area contributed by atoms with Crippen LogP contribution >= 0.6 is 11.3 Å². The zero-order valence-corrected chi connectivity index (χ0v) is 15.8. The number of thiazole rings is 1. The first kappa shape index (κ1) is 17.7. The molecular weight excluding hydrogens is 360 g/mol. The number of rotatable bonds is 4. The second-order valence-electron chi connectivity index (χ2n) is 6.73. The molecule has 1 aliphatic rings. The molecule has 1 aliphatic carbocycles. The number of aryl methyl sites for hydroxylation is 1. The van der Waals surface area contributed by atoms with Crippen molar-refractivity contribution in [3.05, 3.63) is 64.7 Å². The van der Waals surface area contributed by atoms with E-state index in [9.17, 15) is 9.59 Å². The molecule has 1 aromatic heterocycles. The Kier molecular flexibility index (Phi) is 4.90. The third-order valence-electron chi connectivity index (χ3n) is 4.91. The second-order valence-corrected chi connectivity index (χ2v) is 7.62. The summed E-state index contributed by atoms with van der Waals surface area (Å²) >= 11 is 1.46. The first-order valence-corrected chi connectivity index (χ1v) is 9.92. The number of ether oxygens (including phenoxy) is 1. The average Bonchev–Trinajstić information content (AvgIpc) is 3.16. The predicted octanol–water partition coefficient (Wildman–Crippen LogP) is 4.04. The first-order valence-electron chi connectivity index (χ1n) is 9.04. The van der Waals surface area contributed by atoms with Gasteiger partial charge in [-0.2, -0.15) is 0 Å². The summed E-state index contributed by atoms with van der Waals surface area (Å²) in [5, 5.41) is 3.03. The Morgan fingerprint density at radius 3 is 3.00 bits per heavy atom. The molecule has 0 radical (unpaired) electrons. The monoisotopic (exact) mass is 380 g/mol. The summed E-state index contributed by atoms with van der Waals surface area (Å²) in [4.78, 5) is 29.2. The van der Waals surface area contributed by atoms with Gasteiger partial charge in [0.2, 0.25) is 0 Å². The van der Waals surface area contributed by atoms with Crippen LogP contribution < -0.4 is 5.32 Å². The number of esters is 1. The van der Waals surface area contributed by atoms with E-state index in [4.69, 9.17) is 4.74 Å². The van der Waals surface area contributed by atoms with Crippen LogP contribution in [0.15, 0.2) is 48.0 Å². The summed E-state index contributed by atoms with van der Waals surface area (Å²) in [7, 11) is 0. The number of carbonyl (C=O) groups excluding carboxylic acids is 2. The maximum atomic E-state index is 12.6. The Morgan fingerprint density at radius 1 is 1.26 bits per heavy atom. The lowest BCUT2D eigenvalue weighted by Gasteiger charge is -2.27. The summed E-state index contributed by atoms with van der Waals surface area (Å²) in [5.74, 6) is -0.777. The van der Waals surface area contributed by atoms with Crippen LogP contribution in [0.1, 0.15) is 47.3 Å². The van der Waals surface area contributed by atoms with Crippen molar-refractivity contribution in [2.75, 3.05) is 0 Å². The summed E-state index contributed by atoms with van der Waals surface area (Å²) in [6, 6.07) is 13.3. The van der Waals surface area contributed by atoms with Crippen molar-refractivity contribution < 1.29 is 14.3 Å². The molecule has 0 bridgehead atoms. The Labute approximate surface area is 161 Å². The van der Waals surface area contributed by atoms with Gasteiger partial charge in [-0.25, -0.2) is 9.78 Å². The minimum Gasteiger partial charge on any atom is -0.449 e. The number of amides is 1. The van der Waals surface area contributed by atoms with E-state index in [1.165, 1.54) is 16.9 Å². The van der Waals surface area contributed by atoms with Gasteiger partial charge in [-0.05, 0) is 55.5 Å². The highest BCUT2D eigenvalue weighted by molar-refractivity contribution is 7.16. The molecule has 5 nitrogen and oxygen atoms in total. The maximum Gasteiger partial charge on any atom is 0.338 e. The number of hydrogen-bond acceptors (Lipinski definition) is 5. The zero-order valence-electron chi connectivity index (χ0n) is 15.0. The van der Waals surface area contributed by atoms with Crippen LogP contribution in [0.5, 0.6) is 0 Å². The van der Waals surface area contributed by atoms with Gasteiger partial charge in [0.25, 0.3) is 5.91 Å². The van der Waals surface area contributed by atoms with Gasteiger partial charge < -0.3 is 10.1 Å². The van der Waals surface area contributed by atoms with Gasteiger partial charge >= 0.3 is 5.97 Å². The fourth-order valence-electron chi connectivity index (χ4n) is 3.46. The zero-order chi connectivity index (χ0) is 18.8. The highest BCUT2D eigenvalue weighted by Gasteiger charge is 2.25. The molecule has 2 aromatic carbocycles. The Hall–Kier alpha value is -2.73. The third kappa shape index (κ3) is 3.71. The van der Waals surface area contributed by atoms with Gasteiger partial charge in [0.05, 0.1) is 27.3 Å². The summed E-state index contributed by atoms with van der Waals surface area (Å²) in [6.07, 6.45) is 2.10. The Bertz CT molecular complexity index is 998. The van der Waals surface area contributed by atoms with Gasteiger partial charge in [-0.1, -0.05) is 24.3 Å². The van der Waals surface area contributed by atoms with E-state index in [0.29, 0.717) is 5.56 Å². The Balaban J connectivity index is 1.41. The predicted molar refractivity (Wildman–Crippen MR) is 105 cm³/mol. The molecule has 0 saturated heterocycles. The summed E-state index contributed by atoms with van der Waals surface area (Å²) < 4.78 is 6.30. The average molecular weight is 380 g/mol. The molecule has 1 N–H and O–H groups in total. The van der Waals surface area contributed by atoms with E-state index in [1.54, 1.807) is 30.6 Å². The molecule has 0 fully saturated rings. The molecule has 2 atom stereocenters. The van der Waals surface area contributed by atoms with Crippen LogP contribution in [0.4, 0.5) is 0 Å². The lowest BCUT2D eigenvalue weighted by atomic mass is 9.87. The highest BCUT2D eigenvalue weighted by Crippen LogP contribution is 2.29. The van der Waals surface area contributed by atoms with E-state index in [1.807, 2.05) is 12.1 Å². The van der Waals surface area contributed by atoms with Gasteiger partial charge in [0.1, 0.15) is 0 Å². The van der Waals surface area contributed by atoms with Crippen molar-refractivity contribution in [1.29, 1.82) is 0 Å². The maximum absolute atomic E-state index is 12.6. The van der Waals surface area contributed by atoms with E-state index < -0.39 is 12.1 Å². The van der Waals surface area contributed by atoms with Crippen molar-refractivity contribution >= 4 is 33.4 Å². The topological polar surface area (TPSA) is 68.3 Å². The van der Waals surface area contributed by atoms with Gasteiger partial charge in [-0.3, -0.25) is 4.79 Å². The van der Waals surface area contributed by atoms with E-state index >= 15 is 0 Å². The fourth-order valence-corrected chi connectivity index (χ4v) is 4.17. The van der Waals surface area contributed by atoms with Crippen LogP contribution in [0.2, 0.25) is 0 Å². The molecule has 4 rings (SSSR count). The first-order chi connectivity index (χ1) is 13.1. The molecule has 138 valence electrons. The van der Waals surface area contributed by atoms with Crippen molar-refractivity contribution in [3.8, 4) is 0 Å². The number of benzene rings is 2. The largest absolute Gasteiger partial charge is 0.449 e. The molecule has 6 heteroatoms. The number of fused-ring (bicyclic) bond motifs is 2. The molecule has 0 unspecified atom stereocenters. The minimum atomic E-state index is -0.858. The van der Waals surface area contributed by atoms with Crippen LogP contribution in [0.3, 0.4) is 0 Å². The molecule has 3 aromatic rings. The van der Waals surface area contributed by atoms with E-state index in [-0.39, 0.29) is 11.9 Å². The standard InChI is InChI=1S/C21H20N2O3S/c1-13(26-21(25)15-9-10-18-19(11-15)27-12-22-18)20(24)23-17-8-4-6-14-5-2-3-7-16(14)17/h2-3,5,7,9-13,17H,4,6,8H2,1H3,(H,23,24)/t13-,17+/m0/s1. The van der Waals surface area contributed by atoms with Crippen molar-refractivity contribution in [1.82, 2.24) is 10.3 Å². The second kappa shape index (κ2) is 7.48. The number of carbonyl (C=O) groups is 2. The lowest BCUT2D eigenvalue weighted by Crippen LogP contribution is -2.39. The van der Waals surface area contributed by atoms with Crippen LogP contribution in [-0.4, -0.2) is 23.0 Å². The van der Waals surface area contributed by atoms with Gasteiger partial charge in [0.15, 0.2) is 6.10 Å². The van der Waals surface area contributed by atoms with Crippen molar-refractivity contribution in [2.45, 2.75) is 38.3 Å². The number of nitrogens with one attached hydrogen (secondary N) is 1. The van der Waals surface area contributed by atoms with Gasteiger partial charge in [-0.15, -0.1) is 11.3 Å². The quantitative estimate of drug-likeness (QED) is 0.694. The van der Waals surface area contributed by atoms with Gasteiger partial charge in [0, 0.05) is 0 Å². The van der Waals surface area contributed by atoms with Crippen molar-refractivity contribution in [3.63, 3.8) is 0 Å². The van der Waals surface area contributed by atoms with E-state index in [0.717, 1.165) is 35.0 Å². The number of aromatic nitrogens is 1. The number of nitrogens with zero attached hydrogens (tertiary/aromatic N) is 1. The highest BCUT2D eigenvalue weighted by atomic mass is 32.1. The third-order valence-corrected chi connectivity index (χ3v) is 5.70. The summed E-state index contributed by atoms with van der Waals surface area (Å²) in [5.41, 5.74) is 5.44. The van der Waals surface area contributed by atoms with Crippen LogP contribution in [-0.2, 0) is 16.0 Å². The molecule has 1 amide bonds. The lowest BCUT2D eigenvalue weighted by molar-refractivity contribution is -0.130. The summed E-state index contributed by atoms with van der Waals surface area (Å²) in [6.45, 7) is 1.60. The number of hydrogen-bond donors (Lipinski definition) is 1. The molecule has 1 heterocycles. The SMILES string of the molecule is C[C@H](OC(=O)c1ccc2ncsc2c1)C(=O)N[C@@H]1CCCc2ccccc21. The Morgan fingerprint density at radius 2 is 2.11 bits per heavy atom. The van der Waals surface area contributed by atoms with Crippen LogP contribution in [0, 0.1) is 0 Å². The molecule has 0 aliphatic heterocycles. The van der Waals surface area contributed by atoms with E-state index in [2.05, 4.69) is 22.4 Å². The van der Waals surface area contributed by atoms with Crippen molar-refractivity contribution in [2.24, 2.45) is 0 Å². The molecule has 0 saturated carbocycles. The molecule has 27 heavy (non-hydrogen) atoms. The molecule has 0 spiro atoms. The van der Waals surface area contributed by atoms with Crippen LogP contribution in [0.25, 0.3) is 10.2 Å². The minimum absolute atomic E-state index is 0.0304. The fraction of sp³-hybridized carbons (Fsp3) is 0.286. The smallest absolute Gasteiger partial charge is 0.338 e. The normalized spacial score (nSPS) is 17.1.